The van der Waals surface area contributed by atoms with E-state index >= 15 is 0 Å². The van der Waals surface area contributed by atoms with Gasteiger partial charge in [0.1, 0.15) is 0 Å². The van der Waals surface area contributed by atoms with Gasteiger partial charge in [-0.3, -0.25) is 0 Å². The normalized spacial score (nSPS) is 11.8. The topological polar surface area (TPSA) is 84.2 Å². The molecular weight excluding hydrogens is 154 g/mol. The van der Waals surface area contributed by atoms with Crippen LogP contribution in [0.25, 0.3) is 0 Å². The second-order valence-corrected chi connectivity index (χ2v) is 3.28. The highest BCUT2D eigenvalue weighted by molar-refractivity contribution is 7.87. The molecule has 0 fully saturated rings. The maximum atomic E-state index is 10.2. The Morgan fingerprint density at radius 3 is 2.40 bits per heavy atom. The van der Waals surface area contributed by atoms with E-state index in [1.165, 1.54) is 0 Å². The second-order valence-electron chi connectivity index (χ2n) is 1.90. The molecule has 0 heterocycles. The molecule has 0 aliphatic rings. The van der Waals surface area contributed by atoms with Crippen LogP contribution in [0.3, 0.4) is 0 Å². The lowest BCUT2D eigenvalue weighted by molar-refractivity contribution is 0.579. The summed E-state index contributed by atoms with van der Waals surface area (Å²) in [6, 6.07) is 0. The maximum absolute atomic E-state index is 10.2. The van der Waals surface area contributed by atoms with E-state index in [4.69, 9.17) is 0 Å². The van der Waals surface area contributed by atoms with Crippen molar-refractivity contribution in [1.82, 2.24) is 10.0 Å². The first-order chi connectivity index (χ1) is 4.56. The molecule has 0 radical (unpaired) electrons. The van der Waals surface area contributed by atoms with Crippen LogP contribution < -0.4 is 15.2 Å². The van der Waals surface area contributed by atoms with Crippen molar-refractivity contribution in [1.29, 1.82) is 0 Å². The van der Waals surface area contributed by atoms with Gasteiger partial charge in [0.15, 0.2) is 0 Å². The van der Waals surface area contributed by atoms with Crippen LogP contribution in [0.5, 0.6) is 0 Å². The molecule has 0 spiro atoms. The summed E-state index contributed by atoms with van der Waals surface area (Å²) in [7, 11) is -1.68. The summed E-state index contributed by atoms with van der Waals surface area (Å²) >= 11 is 0. The van der Waals surface area contributed by atoms with Gasteiger partial charge in [-0.15, -0.1) is 0 Å². The van der Waals surface area contributed by atoms with Crippen molar-refractivity contribution >= 4 is 10.2 Å². The van der Waals surface area contributed by atoms with E-state index in [1.54, 1.807) is 7.05 Å². The summed E-state index contributed by atoms with van der Waals surface area (Å²) in [5.41, 5.74) is 0. The lowest BCUT2D eigenvalue weighted by Gasteiger charge is -1.99. The summed E-state index contributed by atoms with van der Waals surface area (Å²) in [6.07, 6.45) is 0.743. The van der Waals surface area contributed by atoms with Gasteiger partial charge in [-0.05, 0) is 20.0 Å². The molecule has 0 unspecified atom stereocenters. The molecule has 10 heavy (non-hydrogen) atoms. The zero-order valence-corrected chi connectivity index (χ0v) is 6.74. The van der Waals surface area contributed by atoms with E-state index < -0.39 is 10.2 Å². The average molecular weight is 167 g/mol. The van der Waals surface area contributed by atoms with Gasteiger partial charge in [0.2, 0.25) is 0 Å². The Kier molecular flexibility index (Phi) is 4.54. The van der Waals surface area contributed by atoms with Crippen LogP contribution >= 0.6 is 0 Å². The Balaban J connectivity index is 3.21. The van der Waals surface area contributed by atoms with E-state index in [0.29, 0.717) is 6.54 Å². The maximum Gasteiger partial charge on any atom is 0.274 e. The molecule has 0 aliphatic heterocycles. The van der Waals surface area contributed by atoms with E-state index in [0.717, 1.165) is 13.0 Å². The minimum Gasteiger partial charge on any atom is -0.320 e. The molecule has 5 nitrogen and oxygen atoms in total. The van der Waals surface area contributed by atoms with Gasteiger partial charge in [-0.2, -0.15) is 8.42 Å². The Labute approximate surface area is 61.2 Å². The van der Waals surface area contributed by atoms with Gasteiger partial charge in [-0.25, -0.2) is 9.86 Å². The van der Waals surface area contributed by atoms with Crippen LogP contribution in [0.4, 0.5) is 0 Å². The van der Waals surface area contributed by atoms with Crippen molar-refractivity contribution in [3.63, 3.8) is 0 Å². The highest BCUT2D eigenvalue weighted by atomic mass is 32.2. The van der Waals surface area contributed by atoms with Crippen LogP contribution in [0.15, 0.2) is 0 Å². The van der Waals surface area contributed by atoms with Crippen LogP contribution in [0.2, 0.25) is 0 Å². The van der Waals surface area contributed by atoms with Crippen molar-refractivity contribution < 1.29 is 8.42 Å². The number of nitrogens with two attached hydrogens (primary N) is 1. The number of nitrogens with one attached hydrogen (secondary N) is 2. The molecule has 0 saturated carbocycles. The minimum absolute atomic E-state index is 0.389. The van der Waals surface area contributed by atoms with E-state index in [-0.39, 0.29) is 0 Å². The van der Waals surface area contributed by atoms with E-state index in [1.807, 2.05) is 0 Å². The smallest absolute Gasteiger partial charge is 0.274 e. The molecule has 0 aromatic rings. The molecule has 4 N–H and O–H groups in total. The van der Waals surface area contributed by atoms with Gasteiger partial charge in [0.25, 0.3) is 10.2 Å². The van der Waals surface area contributed by atoms with Gasteiger partial charge in [0, 0.05) is 6.54 Å². The summed E-state index contributed by atoms with van der Waals surface area (Å²) < 4.78 is 22.6. The van der Waals surface area contributed by atoms with Crippen LogP contribution in [-0.2, 0) is 10.2 Å². The van der Waals surface area contributed by atoms with Gasteiger partial charge >= 0.3 is 0 Å². The van der Waals surface area contributed by atoms with E-state index in [2.05, 4.69) is 15.2 Å². The number of hydrogen-bond acceptors (Lipinski definition) is 3. The van der Waals surface area contributed by atoms with Gasteiger partial charge in [0.05, 0.1) is 0 Å². The Morgan fingerprint density at radius 2 is 2.00 bits per heavy atom. The number of hydrogen-bond donors (Lipinski definition) is 3. The Bertz CT molecular complexity index is 165. The van der Waals surface area contributed by atoms with E-state index in [9.17, 15) is 8.42 Å². The molecule has 0 aromatic carbocycles. The molecule has 0 saturated heterocycles. The van der Waals surface area contributed by atoms with Crippen LogP contribution in [0, 0.1) is 0 Å². The van der Waals surface area contributed by atoms with Gasteiger partial charge < -0.3 is 5.32 Å². The zero-order chi connectivity index (χ0) is 8.04. The first-order valence-electron chi connectivity index (χ1n) is 2.98. The van der Waals surface area contributed by atoms with Crippen molar-refractivity contribution in [2.75, 3.05) is 20.1 Å². The molecular formula is C4H13N3O2S. The molecule has 62 valence electrons. The van der Waals surface area contributed by atoms with Crippen molar-refractivity contribution in [3.05, 3.63) is 0 Å². The Hall–Kier alpha value is -0.170. The summed E-state index contributed by atoms with van der Waals surface area (Å²) in [5.74, 6) is 0. The molecule has 0 aliphatic carbocycles. The molecule has 0 rings (SSSR count). The average Bonchev–Trinajstić information content (AvgIpc) is 1.78. The highest BCUT2D eigenvalue weighted by Crippen LogP contribution is 1.73. The lowest BCUT2D eigenvalue weighted by Crippen LogP contribution is -2.32. The molecule has 0 atom stereocenters. The standard InChI is InChI=1S/C4H13N3O2S/c1-6-3-2-4-7-10(5,8)9/h6-7H,2-4H2,1H3,(H2,5,8,9). The SMILES string of the molecule is CNCCCNS(N)(=O)=O. The second kappa shape index (κ2) is 4.62. The molecule has 0 aromatic heterocycles. The van der Waals surface area contributed by atoms with Crippen LogP contribution in [0.1, 0.15) is 6.42 Å². The summed E-state index contributed by atoms with van der Waals surface area (Å²) in [4.78, 5) is 0. The van der Waals surface area contributed by atoms with Crippen molar-refractivity contribution in [3.8, 4) is 0 Å². The fourth-order valence-electron chi connectivity index (χ4n) is 0.480. The fraction of sp³-hybridized carbons (Fsp3) is 1.00. The van der Waals surface area contributed by atoms with Crippen molar-refractivity contribution in [2.45, 2.75) is 6.42 Å². The van der Waals surface area contributed by atoms with Crippen LogP contribution in [-0.4, -0.2) is 28.6 Å². The Morgan fingerprint density at radius 1 is 1.40 bits per heavy atom. The fourth-order valence-corrected chi connectivity index (χ4v) is 0.908. The summed E-state index contributed by atoms with van der Waals surface area (Å²) in [5, 5.41) is 7.54. The monoisotopic (exact) mass is 167 g/mol. The van der Waals surface area contributed by atoms with Gasteiger partial charge in [-0.1, -0.05) is 0 Å². The van der Waals surface area contributed by atoms with Crippen molar-refractivity contribution in [2.24, 2.45) is 5.14 Å². The quantitative estimate of drug-likeness (QED) is 0.431. The minimum atomic E-state index is -3.48. The predicted octanol–water partition coefficient (Wildman–Crippen LogP) is -1.61. The zero-order valence-electron chi connectivity index (χ0n) is 5.92. The molecule has 0 bridgehead atoms. The third kappa shape index (κ3) is 7.83. The first kappa shape index (κ1) is 9.83. The highest BCUT2D eigenvalue weighted by Gasteiger charge is 1.97. The summed E-state index contributed by atoms with van der Waals surface area (Å²) in [6.45, 7) is 1.17. The molecule has 0 amide bonds. The largest absolute Gasteiger partial charge is 0.320 e. The first-order valence-corrected chi connectivity index (χ1v) is 4.53. The lowest BCUT2D eigenvalue weighted by atomic mass is 10.4. The predicted molar refractivity (Wildman–Crippen MR) is 39.7 cm³/mol. The number of rotatable bonds is 5. The third-order valence-corrected chi connectivity index (χ3v) is 1.51. The third-order valence-electron chi connectivity index (χ3n) is 0.907. The molecule has 6 heteroatoms.